The zero-order valence-corrected chi connectivity index (χ0v) is 23.1. The average Bonchev–Trinajstić information content (AvgIpc) is 3.32. The van der Waals surface area contributed by atoms with Crippen LogP contribution in [0.1, 0.15) is 38.1 Å². The Hall–Kier alpha value is -3.84. The minimum absolute atomic E-state index is 0.0846. The van der Waals surface area contributed by atoms with Crippen LogP contribution in [-0.2, 0) is 9.59 Å². The number of carbonyl (C=O) groups excluding carboxylic acids is 3. The molecule has 0 fully saturated rings. The first-order chi connectivity index (χ1) is 18.3. The van der Waals surface area contributed by atoms with Crippen molar-refractivity contribution in [3.05, 3.63) is 42.0 Å². The number of benzene rings is 2. The van der Waals surface area contributed by atoms with Gasteiger partial charge in [-0.2, -0.15) is 0 Å². The second-order valence-electron chi connectivity index (χ2n) is 7.53. The first-order valence-electron chi connectivity index (χ1n) is 11.8. The van der Waals surface area contributed by atoms with Crippen LogP contribution in [0, 0.1) is 0 Å². The van der Waals surface area contributed by atoms with Crippen LogP contribution < -0.4 is 30.2 Å². The smallest absolute Gasteiger partial charge is 0.257 e. The number of nitrogens with one attached hydrogen (secondary N) is 3. The summed E-state index contributed by atoms with van der Waals surface area (Å²) in [7, 11) is 0. The van der Waals surface area contributed by atoms with E-state index in [4.69, 9.17) is 14.2 Å². The molecule has 2 aromatic carbocycles. The monoisotopic (exact) mass is 559 g/mol. The van der Waals surface area contributed by atoms with Gasteiger partial charge >= 0.3 is 0 Å². The standard InChI is InChI=1S/C25H29N5O6S2/c1-5-34-19-11-16(12-20(35-6-2)22(19)36-7-3)23(33)28-24-29-30-25(38-24)37-14-21(32)27-18-10-8-9-17(13-18)26-15(4)31/h8-13H,5-7,14H2,1-4H3,(H,26,31)(H,27,32)(H,28,29,33). The largest absolute Gasteiger partial charge is 0.490 e. The van der Waals surface area contributed by atoms with Crippen molar-refractivity contribution in [3.8, 4) is 17.2 Å². The molecule has 0 unspecified atom stereocenters. The van der Waals surface area contributed by atoms with Crippen molar-refractivity contribution >= 4 is 57.3 Å². The molecule has 0 atom stereocenters. The number of amides is 3. The number of hydrogen-bond acceptors (Lipinski definition) is 10. The Morgan fingerprint density at radius 1 is 0.868 bits per heavy atom. The van der Waals surface area contributed by atoms with Crippen LogP contribution in [0.3, 0.4) is 0 Å². The van der Waals surface area contributed by atoms with Gasteiger partial charge in [-0.05, 0) is 51.1 Å². The molecule has 0 saturated heterocycles. The van der Waals surface area contributed by atoms with Crippen molar-refractivity contribution in [1.82, 2.24) is 10.2 Å². The summed E-state index contributed by atoms with van der Waals surface area (Å²) < 4.78 is 17.5. The van der Waals surface area contributed by atoms with E-state index in [2.05, 4.69) is 26.1 Å². The molecule has 1 aromatic heterocycles. The van der Waals surface area contributed by atoms with Gasteiger partial charge in [0.1, 0.15) is 0 Å². The molecule has 1 heterocycles. The first kappa shape index (κ1) is 28.7. The lowest BCUT2D eigenvalue weighted by Gasteiger charge is -2.16. The number of hydrogen-bond donors (Lipinski definition) is 3. The highest BCUT2D eigenvalue weighted by Crippen LogP contribution is 2.39. The molecule has 3 amide bonds. The molecule has 38 heavy (non-hydrogen) atoms. The van der Waals surface area contributed by atoms with Crippen LogP contribution in [0.4, 0.5) is 16.5 Å². The van der Waals surface area contributed by atoms with Crippen molar-refractivity contribution in [2.45, 2.75) is 32.0 Å². The molecule has 3 N–H and O–H groups in total. The van der Waals surface area contributed by atoms with Crippen LogP contribution >= 0.6 is 23.1 Å². The third-order valence-electron chi connectivity index (χ3n) is 4.59. The number of nitrogens with zero attached hydrogens (tertiary/aromatic N) is 2. The topological polar surface area (TPSA) is 141 Å². The first-order valence-corrected chi connectivity index (χ1v) is 13.6. The lowest BCUT2D eigenvalue weighted by atomic mass is 10.1. The number of carbonyl (C=O) groups is 3. The van der Waals surface area contributed by atoms with E-state index in [-0.39, 0.29) is 22.7 Å². The van der Waals surface area contributed by atoms with Crippen molar-refractivity contribution in [1.29, 1.82) is 0 Å². The second kappa shape index (κ2) is 14.2. The Morgan fingerprint density at radius 3 is 2.11 bits per heavy atom. The van der Waals surface area contributed by atoms with Crippen molar-refractivity contribution in [3.63, 3.8) is 0 Å². The number of thioether (sulfide) groups is 1. The maximum Gasteiger partial charge on any atom is 0.257 e. The Morgan fingerprint density at radius 2 is 1.50 bits per heavy atom. The van der Waals surface area contributed by atoms with Gasteiger partial charge in [0, 0.05) is 23.9 Å². The molecule has 0 radical (unpaired) electrons. The van der Waals surface area contributed by atoms with E-state index in [0.29, 0.717) is 58.3 Å². The fourth-order valence-electron chi connectivity index (χ4n) is 3.21. The van der Waals surface area contributed by atoms with E-state index in [1.54, 1.807) is 36.4 Å². The minimum atomic E-state index is -0.417. The van der Waals surface area contributed by atoms with Gasteiger partial charge in [-0.3, -0.25) is 19.7 Å². The van der Waals surface area contributed by atoms with Gasteiger partial charge in [-0.25, -0.2) is 0 Å². The van der Waals surface area contributed by atoms with Gasteiger partial charge in [-0.1, -0.05) is 29.2 Å². The van der Waals surface area contributed by atoms with Crippen LogP contribution in [0.5, 0.6) is 17.2 Å². The molecule has 11 nitrogen and oxygen atoms in total. The summed E-state index contributed by atoms with van der Waals surface area (Å²) in [5, 5.41) is 16.5. The normalized spacial score (nSPS) is 10.4. The van der Waals surface area contributed by atoms with Crippen molar-refractivity contribution < 1.29 is 28.6 Å². The molecule has 0 aliphatic heterocycles. The predicted molar refractivity (Wildman–Crippen MR) is 148 cm³/mol. The summed E-state index contributed by atoms with van der Waals surface area (Å²) in [6.45, 7) is 8.14. The Balaban J connectivity index is 1.61. The van der Waals surface area contributed by atoms with Crippen molar-refractivity contribution in [2.24, 2.45) is 0 Å². The maximum atomic E-state index is 12.9. The van der Waals surface area contributed by atoms with Crippen LogP contribution in [-0.4, -0.2) is 53.5 Å². The molecule has 0 spiro atoms. The average molecular weight is 560 g/mol. The van der Waals surface area contributed by atoms with E-state index >= 15 is 0 Å². The van der Waals surface area contributed by atoms with E-state index in [0.717, 1.165) is 11.3 Å². The molecular weight excluding hydrogens is 530 g/mol. The molecule has 0 bridgehead atoms. The lowest BCUT2D eigenvalue weighted by molar-refractivity contribution is -0.114. The van der Waals surface area contributed by atoms with Gasteiger partial charge in [0.05, 0.1) is 25.6 Å². The van der Waals surface area contributed by atoms with E-state index < -0.39 is 5.91 Å². The number of aromatic nitrogens is 2. The van der Waals surface area contributed by atoms with Gasteiger partial charge in [-0.15, -0.1) is 10.2 Å². The zero-order valence-electron chi connectivity index (χ0n) is 21.5. The summed E-state index contributed by atoms with van der Waals surface area (Å²) in [5.41, 5.74) is 1.45. The highest BCUT2D eigenvalue weighted by atomic mass is 32.2. The summed E-state index contributed by atoms with van der Waals surface area (Å²) in [4.78, 5) is 36.5. The van der Waals surface area contributed by atoms with Gasteiger partial charge in [0.25, 0.3) is 5.91 Å². The Kier molecular flexibility index (Phi) is 10.7. The quantitative estimate of drug-likeness (QED) is 0.201. The summed E-state index contributed by atoms with van der Waals surface area (Å²) >= 11 is 2.33. The number of ether oxygens (including phenoxy) is 3. The predicted octanol–water partition coefficient (Wildman–Crippen LogP) is 4.68. The van der Waals surface area contributed by atoms with Gasteiger partial charge in [0.15, 0.2) is 15.8 Å². The maximum absolute atomic E-state index is 12.9. The fraction of sp³-hybridized carbons (Fsp3) is 0.320. The van der Waals surface area contributed by atoms with Crippen molar-refractivity contribution in [2.75, 3.05) is 41.5 Å². The van der Waals surface area contributed by atoms with E-state index in [1.165, 1.54) is 18.7 Å². The van der Waals surface area contributed by atoms with E-state index in [1.807, 2.05) is 20.8 Å². The highest BCUT2D eigenvalue weighted by Gasteiger charge is 2.19. The van der Waals surface area contributed by atoms with Gasteiger partial charge < -0.3 is 24.8 Å². The lowest BCUT2D eigenvalue weighted by Crippen LogP contribution is -2.14. The highest BCUT2D eigenvalue weighted by molar-refractivity contribution is 8.01. The van der Waals surface area contributed by atoms with E-state index in [9.17, 15) is 14.4 Å². The molecule has 0 aliphatic rings. The summed E-state index contributed by atoms with van der Waals surface area (Å²) in [6.07, 6.45) is 0. The Bertz CT molecular complexity index is 1260. The van der Waals surface area contributed by atoms with Crippen LogP contribution in [0.25, 0.3) is 0 Å². The molecule has 13 heteroatoms. The third-order valence-corrected chi connectivity index (χ3v) is 6.56. The molecule has 202 valence electrons. The van der Waals surface area contributed by atoms with Crippen LogP contribution in [0.15, 0.2) is 40.7 Å². The number of anilines is 3. The summed E-state index contributed by atoms with van der Waals surface area (Å²) in [6, 6.07) is 10.0. The fourth-order valence-corrected chi connectivity index (χ4v) is 4.76. The molecule has 0 aliphatic carbocycles. The SMILES string of the molecule is CCOc1cc(C(=O)Nc2nnc(SCC(=O)Nc3cccc(NC(C)=O)c3)s2)cc(OCC)c1OCC. The molecule has 0 saturated carbocycles. The number of rotatable bonds is 13. The van der Waals surface area contributed by atoms with Crippen LogP contribution in [0.2, 0.25) is 0 Å². The Labute approximate surface area is 228 Å². The third kappa shape index (κ3) is 8.35. The summed E-state index contributed by atoms with van der Waals surface area (Å²) in [5.74, 6) is 0.482. The zero-order chi connectivity index (χ0) is 27.5. The molecule has 3 aromatic rings. The minimum Gasteiger partial charge on any atom is -0.490 e. The second-order valence-corrected chi connectivity index (χ2v) is 9.73. The molecular formula is C25H29N5O6S2. The van der Waals surface area contributed by atoms with Gasteiger partial charge in [0.2, 0.25) is 22.7 Å². The molecule has 3 rings (SSSR count).